The van der Waals surface area contributed by atoms with Gasteiger partial charge in [-0.2, -0.15) is 0 Å². The van der Waals surface area contributed by atoms with E-state index in [9.17, 15) is 0 Å². The van der Waals surface area contributed by atoms with Gasteiger partial charge in [0.15, 0.2) is 0 Å². The Morgan fingerprint density at radius 2 is 1.94 bits per heavy atom. The van der Waals surface area contributed by atoms with Gasteiger partial charge < -0.3 is 10.2 Å². The number of hydrogen-bond acceptors (Lipinski definition) is 2. The van der Waals surface area contributed by atoms with Gasteiger partial charge >= 0.3 is 0 Å². The van der Waals surface area contributed by atoms with Gasteiger partial charge in [0, 0.05) is 12.6 Å². The highest BCUT2D eigenvalue weighted by molar-refractivity contribution is 4.85. The van der Waals surface area contributed by atoms with E-state index < -0.39 is 0 Å². The van der Waals surface area contributed by atoms with Crippen molar-refractivity contribution in [2.24, 2.45) is 11.3 Å². The Morgan fingerprint density at radius 1 is 1.25 bits per heavy atom. The van der Waals surface area contributed by atoms with Gasteiger partial charge in [-0.05, 0) is 50.7 Å². The highest BCUT2D eigenvalue weighted by Gasteiger charge is 2.31. The van der Waals surface area contributed by atoms with E-state index in [-0.39, 0.29) is 0 Å². The molecule has 1 unspecified atom stereocenters. The first-order valence-electron chi connectivity index (χ1n) is 6.85. The van der Waals surface area contributed by atoms with Gasteiger partial charge in [-0.3, -0.25) is 0 Å². The molecule has 0 saturated carbocycles. The minimum absolute atomic E-state index is 0.541. The topological polar surface area (TPSA) is 15.3 Å². The third kappa shape index (κ3) is 4.84. The van der Waals surface area contributed by atoms with E-state index in [1.807, 2.05) is 0 Å². The zero-order valence-corrected chi connectivity index (χ0v) is 11.8. The third-order valence-electron chi connectivity index (χ3n) is 3.62. The molecule has 16 heavy (non-hydrogen) atoms. The van der Waals surface area contributed by atoms with Crippen molar-refractivity contribution in [2.75, 3.05) is 26.2 Å². The molecule has 0 aliphatic carbocycles. The van der Waals surface area contributed by atoms with Gasteiger partial charge in [0.2, 0.25) is 0 Å². The van der Waals surface area contributed by atoms with Gasteiger partial charge in [-0.25, -0.2) is 0 Å². The summed E-state index contributed by atoms with van der Waals surface area (Å²) < 4.78 is 0. The summed E-state index contributed by atoms with van der Waals surface area (Å²) in [6.07, 6.45) is 2.64. The van der Waals surface area contributed by atoms with E-state index in [0.717, 1.165) is 25.0 Å². The fourth-order valence-electron chi connectivity index (χ4n) is 2.41. The summed E-state index contributed by atoms with van der Waals surface area (Å²) in [6.45, 7) is 16.6. The molecule has 0 radical (unpaired) electrons. The smallest absolute Gasteiger partial charge is 0.00792 e. The van der Waals surface area contributed by atoms with Crippen molar-refractivity contribution in [2.45, 2.75) is 53.5 Å². The monoisotopic (exact) mass is 226 g/mol. The van der Waals surface area contributed by atoms with E-state index in [1.54, 1.807) is 0 Å². The lowest BCUT2D eigenvalue weighted by atomic mass is 9.93. The average molecular weight is 226 g/mol. The molecule has 1 rings (SSSR count). The SMILES string of the molecule is CC(C)CNCCC(C)N1CCC(C)(C)C1. The number of nitrogens with one attached hydrogen (secondary N) is 1. The Hall–Kier alpha value is -0.0800. The van der Waals surface area contributed by atoms with Crippen molar-refractivity contribution >= 4 is 0 Å². The van der Waals surface area contributed by atoms with Crippen molar-refractivity contribution in [1.82, 2.24) is 10.2 Å². The Morgan fingerprint density at radius 3 is 2.44 bits per heavy atom. The minimum atomic E-state index is 0.541. The van der Waals surface area contributed by atoms with Crippen molar-refractivity contribution in [3.05, 3.63) is 0 Å². The number of rotatable bonds is 6. The second kappa shape index (κ2) is 6.02. The number of likely N-dealkylation sites (tertiary alicyclic amines) is 1. The third-order valence-corrected chi connectivity index (χ3v) is 3.62. The van der Waals surface area contributed by atoms with Crippen molar-refractivity contribution < 1.29 is 0 Å². The molecule has 0 aromatic heterocycles. The molecule has 0 bridgehead atoms. The zero-order chi connectivity index (χ0) is 12.2. The molecule has 1 atom stereocenters. The molecule has 1 saturated heterocycles. The maximum Gasteiger partial charge on any atom is 0.00792 e. The lowest BCUT2D eigenvalue weighted by Gasteiger charge is -2.26. The Bertz CT molecular complexity index is 199. The Kier molecular flexibility index (Phi) is 5.26. The Balaban J connectivity index is 2.14. The fraction of sp³-hybridized carbons (Fsp3) is 1.00. The molecule has 2 nitrogen and oxygen atoms in total. The van der Waals surface area contributed by atoms with Crippen LogP contribution in [0, 0.1) is 11.3 Å². The summed E-state index contributed by atoms with van der Waals surface area (Å²) in [5.41, 5.74) is 0.541. The van der Waals surface area contributed by atoms with Gasteiger partial charge in [0.25, 0.3) is 0 Å². The summed E-state index contributed by atoms with van der Waals surface area (Å²) in [4.78, 5) is 2.65. The molecule has 1 fully saturated rings. The lowest BCUT2D eigenvalue weighted by molar-refractivity contribution is 0.219. The number of nitrogens with zero attached hydrogens (tertiary/aromatic N) is 1. The normalized spacial score (nSPS) is 22.9. The summed E-state index contributed by atoms with van der Waals surface area (Å²) in [5.74, 6) is 0.765. The van der Waals surface area contributed by atoms with Crippen molar-refractivity contribution in [3.8, 4) is 0 Å². The molecular weight excluding hydrogens is 196 g/mol. The molecule has 0 aromatic rings. The van der Waals surface area contributed by atoms with E-state index in [1.165, 1.54) is 25.9 Å². The predicted octanol–water partition coefficient (Wildman–Crippen LogP) is 2.74. The molecule has 1 aliphatic rings. The molecule has 96 valence electrons. The van der Waals surface area contributed by atoms with Gasteiger partial charge in [-0.15, -0.1) is 0 Å². The molecule has 0 spiro atoms. The van der Waals surface area contributed by atoms with E-state index >= 15 is 0 Å². The van der Waals surface area contributed by atoms with Crippen LogP contribution in [0.4, 0.5) is 0 Å². The van der Waals surface area contributed by atoms with E-state index in [2.05, 4.69) is 44.8 Å². The molecule has 2 heteroatoms. The maximum atomic E-state index is 3.53. The quantitative estimate of drug-likeness (QED) is 0.701. The van der Waals surface area contributed by atoms with Crippen molar-refractivity contribution in [1.29, 1.82) is 0 Å². The second-order valence-electron chi connectivity index (χ2n) is 6.62. The van der Waals surface area contributed by atoms with Crippen LogP contribution < -0.4 is 5.32 Å². The van der Waals surface area contributed by atoms with Crippen LogP contribution in [0.1, 0.15) is 47.5 Å². The zero-order valence-electron chi connectivity index (χ0n) is 11.8. The Labute approximate surface area is 102 Å². The molecule has 1 heterocycles. The van der Waals surface area contributed by atoms with Crippen LogP contribution in [-0.4, -0.2) is 37.1 Å². The first-order valence-corrected chi connectivity index (χ1v) is 6.85. The molecule has 0 amide bonds. The average Bonchev–Trinajstić information content (AvgIpc) is 2.53. The number of hydrogen-bond donors (Lipinski definition) is 1. The van der Waals surface area contributed by atoms with Crippen molar-refractivity contribution in [3.63, 3.8) is 0 Å². The molecule has 1 aliphatic heterocycles. The highest BCUT2D eigenvalue weighted by Crippen LogP contribution is 2.30. The van der Waals surface area contributed by atoms with Gasteiger partial charge in [-0.1, -0.05) is 27.7 Å². The van der Waals surface area contributed by atoms with Crippen LogP contribution in [0.25, 0.3) is 0 Å². The summed E-state index contributed by atoms with van der Waals surface area (Å²) in [7, 11) is 0. The molecule has 1 N–H and O–H groups in total. The first kappa shape index (κ1) is 14.0. The summed E-state index contributed by atoms with van der Waals surface area (Å²) in [5, 5.41) is 3.53. The van der Waals surface area contributed by atoms with Crippen LogP contribution in [0.15, 0.2) is 0 Å². The molecule has 0 aromatic carbocycles. The van der Waals surface area contributed by atoms with Crippen LogP contribution in [0.3, 0.4) is 0 Å². The minimum Gasteiger partial charge on any atom is -0.316 e. The van der Waals surface area contributed by atoms with Crippen LogP contribution in [0.2, 0.25) is 0 Å². The van der Waals surface area contributed by atoms with E-state index in [0.29, 0.717) is 5.41 Å². The highest BCUT2D eigenvalue weighted by atomic mass is 15.2. The van der Waals surface area contributed by atoms with Gasteiger partial charge in [0.05, 0.1) is 0 Å². The largest absolute Gasteiger partial charge is 0.316 e. The molecular formula is C14H30N2. The second-order valence-corrected chi connectivity index (χ2v) is 6.62. The van der Waals surface area contributed by atoms with Crippen LogP contribution >= 0.6 is 0 Å². The fourth-order valence-corrected chi connectivity index (χ4v) is 2.41. The lowest BCUT2D eigenvalue weighted by Crippen LogP contribution is -2.35. The predicted molar refractivity (Wildman–Crippen MR) is 71.8 cm³/mol. The summed E-state index contributed by atoms with van der Waals surface area (Å²) in [6, 6.07) is 0.737. The van der Waals surface area contributed by atoms with Crippen LogP contribution in [0.5, 0.6) is 0 Å². The van der Waals surface area contributed by atoms with Gasteiger partial charge in [0.1, 0.15) is 0 Å². The standard InChI is InChI=1S/C14H30N2/c1-12(2)10-15-8-6-13(3)16-9-7-14(4,5)11-16/h12-13,15H,6-11H2,1-5H3. The summed E-state index contributed by atoms with van der Waals surface area (Å²) >= 11 is 0. The first-order chi connectivity index (χ1) is 7.41. The van der Waals surface area contributed by atoms with E-state index in [4.69, 9.17) is 0 Å². The van der Waals surface area contributed by atoms with Crippen LogP contribution in [-0.2, 0) is 0 Å². The maximum absolute atomic E-state index is 3.53.